The molecule has 0 aliphatic heterocycles. The van der Waals surface area contributed by atoms with Crippen molar-refractivity contribution < 1.29 is 14.0 Å². The van der Waals surface area contributed by atoms with E-state index in [0.717, 1.165) is 36.8 Å². The minimum absolute atomic E-state index is 0.0975. The van der Waals surface area contributed by atoms with Gasteiger partial charge in [0, 0.05) is 23.4 Å². The standard InChI is InChI=1S/C26H32ClFN2O2S/c1-2-24(26(32)29-23-9-4-3-5-10-23)30(16-19-11-13-22(28)14-12-19)25(31)18-33-17-20-7-6-8-21(27)15-20/h6-8,11-15,23-24H,2-5,9-10,16-18H2,1H3,(H,29,32). The van der Waals surface area contributed by atoms with Crippen LogP contribution in [0.4, 0.5) is 4.39 Å². The van der Waals surface area contributed by atoms with Crippen molar-refractivity contribution in [2.75, 3.05) is 5.75 Å². The van der Waals surface area contributed by atoms with Crippen LogP contribution in [0.5, 0.6) is 0 Å². The molecule has 33 heavy (non-hydrogen) atoms. The minimum Gasteiger partial charge on any atom is -0.352 e. The molecule has 0 aromatic heterocycles. The van der Waals surface area contributed by atoms with Crippen LogP contribution in [0, 0.1) is 5.82 Å². The molecule has 2 aromatic rings. The molecule has 3 rings (SSSR count). The topological polar surface area (TPSA) is 49.4 Å². The molecule has 2 aromatic carbocycles. The van der Waals surface area contributed by atoms with Crippen molar-refractivity contribution in [1.29, 1.82) is 0 Å². The summed E-state index contributed by atoms with van der Waals surface area (Å²) >= 11 is 7.56. The van der Waals surface area contributed by atoms with Crippen molar-refractivity contribution in [1.82, 2.24) is 10.2 Å². The second kappa shape index (κ2) is 13.0. The molecule has 0 bridgehead atoms. The van der Waals surface area contributed by atoms with Crippen molar-refractivity contribution in [3.8, 4) is 0 Å². The molecule has 0 saturated heterocycles. The van der Waals surface area contributed by atoms with Crippen LogP contribution in [0.1, 0.15) is 56.6 Å². The van der Waals surface area contributed by atoms with Crippen molar-refractivity contribution >= 4 is 35.2 Å². The number of carbonyl (C=O) groups is 2. The van der Waals surface area contributed by atoms with Gasteiger partial charge in [-0.15, -0.1) is 11.8 Å². The maximum atomic E-state index is 13.4. The van der Waals surface area contributed by atoms with Gasteiger partial charge in [0.15, 0.2) is 0 Å². The number of hydrogen-bond donors (Lipinski definition) is 1. The highest BCUT2D eigenvalue weighted by atomic mass is 35.5. The molecule has 1 atom stereocenters. The molecular formula is C26H32ClFN2O2S. The van der Waals surface area contributed by atoms with E-state index in [1.807, 2.05) is 31.2 Å². The van der Waals surface area contributed by atoms with Gasteiger partial charge >= 0.3 is 0 Å². The Balaban J connectivity index is 1.69. The molecular weight excluding hydrogens is 459 g/mol. The highest BCUT2D eigenvalue weighted by molar-refractivity contribution is 7.99. The zero-order chi connectivity index (χ0) is 23.6. The Hall–Kier alpha value is -2.05. The number of carbonyl (C=O) groups excluding carboxylic acids is 2. The lowest BCUT2D eigenvalue weighted by atomic mass is 9.95. The average Bonchev–Trinajstić information content (AvgIpc) is 2.81. The number of rotatable bonds is 10. The lowest BCUT2D eigenvalue weighted by Gasteiger charge is -2.32. The summed E-state index contributed by atoms with van der Waals surface area (Å²) in [5, 5.41) is 3.84. The zero-order valence-corrected chi connectivity index (χ0v) is 20.6. The van der Waals surface area contributed by atoms with Crippen LogP contribution >= 0.6 is 23.4 Å². The Morgan fingerprint density at radius 2 is 1.85 bits per heavy atom. The van der Waals surface area contributed by atoms with Crippen LogP contribution in [-0.4, -0.2) is 34.6 Å². The van der Waals surface area contributed by atoms with Gasteiger partial charge in [-0.05, 0) is 54.7 Å². The first kappa shape index (κ1) is 25.6. The lowest BCUT2D eigenvalue weighted by molar-refractivity contribution is -0.139. The second-order valence-corrected chi connectivity index (χ2v) is 9.96. The van der Waals surface area contributed by atoms with E-state index in [0.29, 0.717) is 17.2 Å². The molecule has 0 spiro atoms. The fourth-order valence-corrected chi connectivity index (χ4v) is 5.29. The first-order valence-corrected chi connectivity index (χ1v) is 13.2. The van der Waals surface area contributed by atoms with E-state index in [1.165, 1.54) is 30.3 Å². The Kier molecular flexibility index (Phi) is 10.1. The Morgan fingerprint density at radius 3 is 2.52 bits per heavy atom. The van der Waals surface area contributed by atoms with Crippen molar-refractivity contribution in [3.05, 3.63) is 70.5 Å². The summed E-state index contributed by atoms with van der Waals surface area (Å²) in [7, 11) is 0. The number of nitrogens with one attached hydrogen (secondary N) is 1. The van der Waals surface area contributed by atoms with E-state index >= 15 is 0 Å². The summed E-state index contributed by atoms with van der Waals surface area (Å²) in [6, 6.07) is 13.3. The fraction of sp³-hybridized carbons (Fsp3) is 0.462. The number of thioether (sulfide) groups is 1. The molecule has 7 heteroatoms. The number of benzene rings is 2. The second-order valence-electron chi connectivity index (χ2n) is 8.54. The Morgan fingerprint density at radius 1 is 1.12 bits per heavy atom. The van der Waals surface area contributed by atoms with E-state index < -0.39 is 6.04 Å². The van der Waals surface area contributed by atoms with Gasteiger partial charge in [-0.1, -0.05) is 62.1 Å². The van der Waals surface area contributed by atoms with Gasteiger partial charge in [0.25, 0.3) is 0 Å². The molecule has 1 saturated carbocycles. The van der Waals surface area contributed by atoms with Crippen LogP contribution in [0.15, 0.2) is 48.5 Å². The Bertz CT molecular complexity index is 919. The summed E-state index contributed by atoms with van der Waals surface area (Å²) in [4.78, 5) is 28.1. The fourth-order valence-electron chi connectivity index (χ4n) is 4.22. The molecule has 2 amide bonds. The summed E-state index contributed by atoms with van der Waals surface area (Å²) in [6.07, 6.45) is 5.96. The lowest BCUT2D eigenvalue weighted by Crippen LogP contribution is -2.52. The Labute approximate surface area is 205 Å². The molecule has 0 radical (unpaired) electrons. The molecule has 178 valence electrons. The van der Waals surface area contributed by atoms with Crippen molar-refractivity contribution in [2.45, 2.75) is 69.8 Å². The van der Waals surface area contributed by atoms with E-state index in [4.69, 9.17) is 11.6 Å². The van der Waals surface area contributed by atoms with Gasteiger partial charge in [-0.2, -0.15) is 0 Å². The third-order valence-electron chi connectivity index (χ3n) is 5.99. The molecule has 1 unspecified atom stereocenters. The zero-order valence-electron chi connectivity index (χ0n) is 19.1. The summed E-state index contributed by atoms with van der Waals surface area (Å²) in [6.45, 7) is 2.20. The van der Waals surface area contributed by atoms with E-state index in [-0.39, 0.29) is 36.0 Å². The first-order chi connectivity index (χ1) is 16.0. The summed E-state index contributed by atoms with van der Waals surface area (Å²) in [5.74, 6) is 0.385. The molecule has 1 fully saturated rings. The van der Waals surface area contributed by atoms with Crippen molar-refractivity contribution in [3.63, 3.8) is 0 Å². The third kappa shape index (κ3) is 8.04. The molecule has 1 aliphatic rings. The largest absolute Gasteiger partial charge is 0.352 e. The maximum Gasteiger partial charge on any atom is 0.243 e. The normalized spacial score (nSPS) is 15.1. The summed E-state index contributed by atoms with van der Waals surface area (Å²) in [5.41, 5.74) is 1.85. The predicted octanol–water partition coefficient (Wildman–Crippen LogP) is 5.97. The van der Waals surface area contributed by atoms with Gasteiger partial charge < -0.3 is 10.2 Å². The van der Waals surface area contributed by atoms with Gasteiger partial charge in [0.1, 0.15) is 11.9 Å². The molecule has 0 heterocycles. The quantitative estimate of drug-likeness (QED) is 0.446. The highest BCUT2D eigenvalue weighted by Crippen LogP contribution is 2.21. The number of halogens is 2. The van der Waals surface area contributed by atoms with Crippen LogP contribution in [0.2, 0.25) is 5.02 Å². The van der Waals surface area contributed by atoms with Crippen LogP contribution in [0.25, 0.3) is 0 Å². The minimum atomic E-state index is -0.559. The molecule has 1 N–H and O–H groups in total. The first-order valence-electron chi connectivity index (χ1n) is 11.6. The van der Waals surface area contributed by atoms with Crippen molar-refractivity contribution in [2.24, 2.45) is 0 Å². The van der Waals surface area contributed by atoms with Gasteiger partial charge in [0.2, 0.25) is 11.8 Å². The highest BCUT2D eigenvalue weighted by Gasteiger charge is 2.30. The molecule has 4 nitrogen and oxygen atoms in total. The van der Waals surface area contributed by atoms with Crippen LogP contribution in [-0.2, 0) is 21.9 Å². The number of amides is 2. The smallest absolute Gasteiger partial charge is 0.243 e. The number of hydrogen-bond acceptors (Lipinski definition) is 3. The van der Waals surface area contributed by atoms with E-state index in [1.54, 1.807) is 17.0 Å². The number of nitrogens with zero attached hydrogens (tertiary/aromatic N) is 1. The van der Waals surface area contributed by atoms with Crippen LogP contribution in [0.3, 0.4) is 0 Å². The van der Waals surface area contributed by atoms with Gasteiger partial charge in [-0.25, -0.2) is 4.39 Å². The SMILES string of the molecule is CCC(C(=O)NC1CCCCC1)N(Cc1ccc(F)cc1)C(=O)CSCc1cccc(Cl)c1. The van der Waals surface area contributed by atoms with Crippen LogP contribution < -0.4 is 5.32 Å². The predicted molar refractivity (Wildman–Crippen MR) is 134 cm³/mol. The van der Waals surface area contributed by atoms with E-state index in [9.17, 15) is 14.0 Å². The van der Waals surface area contributed by atoms with Gasteiger partial charge in [-0.3, -0.25) is 9.59 Å². The summed E-state index contributed by atoms with van der Waals surface area (Å²) < 4.78 is 13.4. The van der Waals surface area contributed by atoms with E-state index in [2.05, 4.69) is 5.32 Å². The maximum absolute atomic E-state index is 13.4. The monoisotopic (exact) mass is 490 g/mol. The van der Waals surface area contributed by atoms with Gasteiger partial charge in [0.05, 0.1) is 5.75 Å². The molecule has 1 aliphatic carbocycles. The third-order valence-corrected chi connectivity index (χ3v) is 7.21. The average molecular weight is 491 g/mol.